The van der Waals surface area contributed by atoms with Crippen molar-refractivity contribution < 1.29 is 14.5 Å². The summed E-state index contributed by atoms with van der Waals surface area (Å²) in [6.07, 6.45) is 0. The summed E-state index contributed by atoms with van der Waals surface area (Å²) in [7, 11) is 0. The Morgan fingerprint density at radius 3 is 2.28 bits per heavy atom. The molecule has 0 saturated carbocycles. The second-order valence-corrected chi connectivity index (χ2v) is 7.16. The maximum absolute atomic E-state index is 12.1. The van der Waals surface area contributed by atoms with E-state index in [1.807, 2.05) is 42.5 Å². The van der Waals surface area contributed by atoms with E-state index < -0.39 is 4.92 Å². The van der Waals surface area contributed by atoms with Crippen LogP contribution in [0.4, 0.5) is 11.4 Å². The van der Waals surface area contributed by atoms with Gasteiger partial charge < -0.3 is 10.1 Å². The van der Waals surface area contributed by atoms with Gasteiger partial charge in [0.05, 0.1) is 4.92 Å². The molecule has 0 spiro atoms. The lowest BCUT2D eigenvalue weighted by atomic mass is 9.78. The molecule has 29 heavy (non-hydrogen) atoms. The van der Waals surface area contributed by atoms with E-state index in [4.69, 9.17) is 4.74 Å². The molecule has 0 aromatic heterocycles. The molecule has 3 rings (SSSR count). The zero-order chi connectivity index (χ0) is 20.9. The van der Waals surface area contributed by atoms with Gasteiger partial charge in [-0.1, -0.05) is 62.4 Å². The number of nitrogens with one attached hydrogen (secondary N) is 1. The summed E-state index contributed by atoms with van der Waals surface area (Å²) in [6.45, 7) is 4.12. The van der Waals surface area contributed by atoms with Crippen molar-refractivity contribution in [1.82, 2.24) is 0 Å². The van der Waals surface area contributed by atoms with Gasteiger partial charge in [0.1, 0.15) is 5.75 Å². The Labute approximate surface area is 169 Å². The fourth-order valence-electron chi connectivity index (χ4n) is 3.03. The Bertz CT molecular complexity index is 999. The molecular weight excluding hydrogens is 368 g/mol. The van der Waals surface area contributed by atoms with Crippen LogP contribution in [0.1, 0.15) is 25.0 Å². The van der Waals surface area contributed by atoms with Gasteiger partial charge in [0.15, 0.2) is 6.61 Å². The Hall–Kier alpha value is -3.67. The first-order valence-electron chi connectivity index (χ1n) is 9.19. The molecule has 0 bridgehead atoms. The largest absolute Gasteiger partial charge is 0.484 e. The normalized spacial score (nSPS) is 11.0. The van der Waals surface area contributed by atoms with Gasteiger partial charge in [-0.2, -0.15) is 0 Å². The molecule has 0 aliphatic heterocycles. The minimum atomic E-state index is -0.509. The number of nitro groups is 1. The molecule has 6 nitrogen and oxygen atoms in total. The molecular formula is C23H22N2O4. The van der Waals surface area contributed by atoms with E-state index in [9.17, 15) is 14.9 Å². The highest BCUT2D eigenvalue weighted by Gasteiger charge is 2.22. The minimum absolute atomic E-state index is 0.0830. The fourth-order valence-corrected chi connectivity index (χ4v) is 3.03. The quantitative estimate of drug-likeness (QED) is 0.458. The third-order valence-electron chi connectivity index (χ3n) is 4.78. The van der Waals surface area contributed by atoms with Crippen molar-refractivity contribution in [3.63, 3.8) is 0 Å². The second kappa shape index (κ2) is 8.56. The second-order valence-electron chi connectivity index (χ2n) is 7.16. The summed E-state index contributed by atoms with van der Waals surface area (Å²) in [5.41, 5.74) is 2.47. The lowest BCUT2D eigenvalue weighted by Gasteiger charge is -2.26. The van der Waals surface area contributed by atoms with Crippen molar-refractivity contribution in [3.8, 4) is 5.75 Å². The van der Waals surface area contributed by atoms with Crippen LogP contribution in [0.3, 0.4) is 0 Å². The molecule has 0 heterocycles. The van der Waals surface area contributed by atoms with Crippen LogP contribution in [0.15, 0.2) is 78.9 Å². The summed E-state index contributed by atoms with van der Waals surface area (Å²) in [5, 5.41) is 13.4. The van der Waals surface area contributed by atoms with Crippen molar-refractivity contribution in [1.29, 1.82) is 0 Å². The lowest BCUT2D eigenvalue weighted by molar-refractivity contribution is -0.384. The molecule has 1 N–H and O–H groups in total. The lowest BCUT2D eigenvalue weighted by Crippen LogP contribution is -2.20. The van der Waals surface area contributed by atoms with E-state index in [0.717, 1.165) is 5.56 Å². The number of ether oxygens (including phenoxy) is 1. The molecule has 0 unspecified atom stereocenters. The summed E-state index contributed by atoms with van der Waals surface area (Å²) in [6, 6.07) is 23.7. The van der Waals surface area contributed by atoms with Crippen LogP contribution < -0.4 is 10.1 Å². The molecule has 148 valence electrons. The van der Waals surface area contributed by atoms with Crippen molar-refractivity contribution in [2.75, 3.05) is 11.9 Å². The zero-order valence-electron chi connectivity index (χ0n) is 16.3. The number of non-ortho nitro benzene ring substituents is 1. The van der Waals surface area contributed by atoms with Gasteiger partial charge in [-0.25, -0.2) is 0 Å². The SMILES string of the molecule is CC(C)(c1ccccc1)c1ccc(OCC(=O)Nc2cccc([N+](=O)[O-])c2)cc1. The first-order chi connectivity index (χ1) is 13.9. The van der Waals surface area contributed by atoms with E-state index in [-0.39, 0.29) is 23.6 Å². The number of nitro benzene ring substituents is 1. The van der Waals surface area contributed by atoms with Crippen LogP contribution >= 0.6 is 0 Å². The highest BCUT2D eigenvalue weighted by molar-refractivity contribution is 5.92. The number of anilines is 1. The first-order valence-corrected chi connectivity index (χ1v) is 9.19. The standard InChI is InChI=1S/C23H22N2O4/c1-23(2,17-7-4-3-5-8-17)18-11-13-21(14-12-18)29-16-22(26)24-19-9-6-10-20(15-19)25(27)28/h3-15H,16H2,1-2H3,(H,24,26). The number of rotatable bonds is 7. The van der Waals surface area contributed by atoms with Gasteiger partial charge in [-0.05, 0) is 29.3 Å². The van der Waals surface area contributed by atoms with Crippen LogP contribution in [-0.4, -0.2) is 17.4 Å². The van der Waals surface area contributed by atoms with E-state index in [0.29, 0.717) is 11.4 Å². The predicted molar refractivity (Wildman–Crippen MR) is 112 cm³/mol. The number of hydrogen-bond donors (Lipinski definition) is 1. The Morgan fingerprint density at radius 2 is 1.62 bits per heavy atom. The van der Waals surface area contributed by atoms with Crippen LogP contribution in [0.5, 0.6) is 5.75 Å². The molecule has 0 aliphatic carbocycles. The maximum atomic E-state index is 12.1. The van der Waals surface area contributed by atoms with Crippen LogP contribution in [0, 0.1) is 10.1 Å². The number of carbonyl (C=O) groups excluding carboxylic acids is 1. The van der Waals surface area contributed by atoms with E-state index >= 15 is 0 Å². The number of hydrogen-bond acceptors (Lipinski definition) is 4. The fraction of sp³-hybridized carbons (Fsp3) is 0.174. The van der Waals surface area contributed by atoms with Crippen molar-refractivity contribution in [3.05, 3.63) is 100 Å². The first kappa shape index (κ1) is 20.1. The molecule has 3 aromatic rings. The van der Waals surface area contributed by atoms with Crippen molar-refractivity contribution in [2.24, 2.45) is 0 Å². The number of carbonyl (C=O) groups is 1. The summed E-state index contributed by atoms with van der Waals surface area (Å²) in [4.78, 5) is 22.4. The van der Waals surface area contributed by atoms with Gasteiger partial charge in [0.25, 0.3) is 11.6 Å². The Morgan fingerprint density at radius 1 is 0.966 bits per heavy atom. The topological polar surface area (TPSA) is 81.5 Å². The Balaban J connectivity index is 1.59. The summed E-state index contributed by atoms with van der Waals surface area (Å²) >= 11 is 0. The third-order valence-corrected chi connectivity index (χ3v) is 4.78. The third kappa shape index (κ3) is 4.99. The Kier molecular flexibility index (Phi) is 5.93. The summed E-state index contributed by atoms with van der Waals surface area (Å²) in [5.74, 6) is 0.186. The average Bonchev–Trinajstić information content (AvgIpc) is 2.73. The minimum Gasteiger partial charge on any atom is -0.484 e. The zero-order valence-corrected chi connectivity index (χ0v) is 16.3. The molecule has 3 aromatic carbocycles. The molecule has 0 atom stereocenters. The van der Waals surface area contributed by atoms with E-state index in [1.54, 1.807) is 6.07 Å². The van der Waals surface area contributed by atoms with Gasteiger partial charge >= 0.3 is 0 Å². The van der Waals surface area contributed by atoms with E-state index in [1.165, 1.54) is 23.8 Å². The average molecular weight is 390 g/mol. The highest BCUT2D eigenvalue weighted by atomic mass is 16.6. The van der Waals surface area contributed by atoms with Gasteiger partial charge in [-0.3, -0.25) is 14.9 Å². The van der Waals surface area contributed by atoms with E-state index in [2.05, 4.69) is 31.3 Å². The molecule has 0 fully saturated rings. The van der Waals surface area contributed by atoms with Crippen molar-refractivity contribution >= 4 is 17.3 Å². The monoisotopic (exact) mass is 390 g/mol. The maximum Gasteiger partial charge on any atom is 0.271 e. The predicted octanol–water partition coefficient (Wildman–Crippen LogP) is 4.94. The van der Waals surface area contributed by atoms with Gasteiger partial charge in [0, 0.05) is 23.2 Å². The smallest absolute Gasteiger partial charge is 0.271 e. The van der Waals surface area contributed by atoms with Gasteiger partial charge in [-0.15, -0.1) is 0 Å². The molecule has 0 radical (unpaired) electrons. The highest BCUT2D eigenvalue weighted by Crippen LogP contribution is 2.32. The number of amides is 1. The van der Waals surface area contributed by atoms with Crippen molar-refractivity contribution in [2.45, 2.75) is 19.3 Å². The molecule has 0 aliphatic rings. The van der Waals surface area contributed by atoms with Crippen LogP contribution in [0.25, 0.3) is 0 Å². The number of nitrogens with zero attached hydrogens (tertiary/aromatic N) is 1. The van der Waals surface area contributed by atoms with Gasteiger partial charge in [0.2, 0.25) is 0 Å². The van der Waals surface area contributed by atoms with Crippen LogP contribution in [0.2, 0.25) is 0 Å². The molecule has 1 amide bonds. The molecule has 0 saturated heterocycles. The number of benzene rings is 3. The molecule has 6 heteroatoms. The summed E-state index contributed by atoms with van der Waals surface area (Å²) < 4.78 is 5.55. The van der Waals surface area contributed by atoms with Crippen LogP contribution in [-0.2, 0) is 10.2 Å².